The Morgan fingerprint density at radius 1 is 1.50 bits per heavy atom. The minimum absolute atomic E-state index is 0.0175. The molecule has 0 amide bonds. The van der Waals surface area contributed by atoms with E-state index in [1.807, 2.05) is 0 Å². The molecule has 0 saturated heterocycles. The molecule has 0 aliphatic rings. The molecule has 100 valence electrons. The van der Waals surface area contributed by atoms with Crippen LogP contribution in [0.2, 0.25) is 0 Å². The van der Waals surface area contributed by atoms with Crippen molar-refractivity contribution >= 4 is 43.0 Å². The highest BCUT2D eigenvalue weighted by atomic mass is 79.9. The van der Waals surface area contributed by atoms with Crippen molar-refractivity contribution in [2.75, 3.05) is 18.1 Å². The van der Waals surface area contributed by atoms with Crippen LogP contribution in [0, 0.1) is 0 Å². The average Bonchev–Trinajstić information content (AvgIpc) is 2.30. The summed E-state index contributed by atoms with van der Waals surface area (Å²) in [6.07, 6.45) is 0. The van der Waals surface area contributed by atoms with Gasteiger partial charge in [0, 0.05) is 10.2 Å². The number of ether oxygens (including phenoxy) is 1. The van der Waals surface area contributed by atoms with Crippen LogP contribution in [-0.2, 0) is 9.84 Å². The SMILES string of the molecule is CCS(=O)(=O)CCOc1ccc(Br)cc1C(N)=S. The summed E-state index contributed by atoms with van der Waals surface area (Å²) in [6, 6.07) is 5.23. The van der Waals surface area contributed by atoms with E-state index < -0.39 is 9.84 Å². The maximum absolute atomic E-state index is 11.3. The number of benzene rings is 1. The van der Waals surface area contributed by atoms with E-state index in [0.717, 1.165) is 4.47 Å². The maximum Gasteiger partial charge on any atom is 0.153 e. The van der Waals surface area contributed by atoms with Crippen molar-refractivity contribution in [2.45, 2.75) is 6.92 Å². The van der Waals surface area contributed by atoms with Gasteiger partial charge in [-0.1, -0.05) is 35.1 Å². The first-order valence-electron chi connectivity index (χ1n) is 5.28. The Balaban J connectivity index is 2.77. The molecule has 0 aromatic heterocycles. The zero-order chi connectivity index (χ0) is 13.8. The third kappa shape index (κ3) is 4.55. The molecule has 1 rings (SSSR count). The molecular formula is C11H14BrNO3S2. The quantitative estimate of drug-likeness (QED) is 0.792. The van der Waals surface area contributed by atoms with Crippen molar-refractivity contribution in [2.24, 2.45) is 5.73 Å². The molecule has 2 N–H and O–H groups in total. The van der Waals surface area contributed by atoms with Gasteiger partial charge in [-0.3, -0.25) is 0 Å². The van der Waals surface area contributed by atoms with Gasteiger partial charge in [-0.05, 0) is 18.2 Å². The fraction of sp³-hybridized carbons (Fsp3) is 0.364. The summed E-state index contributed by atoms with van der Waals surface area (Å²) in [5.74, 6) is 0.590. The Labute approximate surface area is 121 Å². The van der Waals surface area contributed by atoms with Crippen molar-refractivity contribution < 1.29 is 13.2 Å². The molecule has 0 heterocycles. The summed E-state index contributed by atoms with van der Waals surface area (Å²) in [7, 11) is -3.03. The standard InChI is InChI=1S/C11H14BrNO3S2/c1-2-18(14,15)6-5-16-10-4-3-8(12)7-9(10)11(13)17/h3-4,7H,2,5-6H2,1H3,(H2,13,17). The third-order valence-electron chi connectivity index (χ3n) is 2.30. The van der Waals surface area contributed by atoms with Gasteiger partial charge < -0.3 is 10.5 Å². The van der Waals surface area contributed by atoms with Crippen LogP contribution >= 0.6 is 28.1 Å². The minimum atomic E-state index is -3.03. The second-order valence-corrected chi connectivity index (χ2v) is 7.42. The lowest BCUT2D eigenvalue weighted by Crippen LogP contribution is -2.17. The fourth-order valence-corrected chi connectivity index (χ4v) is 2.39. The second kappa shape index (κ2) is 6.49. The van der Waals surface area contributed by atoms with Crippen LogP contribution in [0.5, 0.6) is 5.75 Å². The van der Waals surface area contributed by atoms with Gasteiger partial charge in [0.05, 0.1) is 11.3 Å². The van der Waals surface area contributed by atoms with E-state index in [1.165, 1.54) is 0 Å². The van der Waals surface area contributed by atoms with E-state index in [0.29, 0.717) is 11.3 Å². The summed E-state index contributed by atoms with van der Waals surface area (Å²) in [4.78, 5) is 0.213. The van der Waals surface area contributed by atoms with Crippen LogP contribution in [0.15, 0.2) is 22.7 Å². The summed E-state index contributed by atoms with van der Waals surface area (Å²) < 4.78 is 28.9. The minimum Gasteiger partial charge on any atom is -0.492 e. The number of rotatable bonds is 6. The van der Waals surface area contributed by atoms with Gasteiger partial charge in [0.1, 0.15) is 17.3 Å². The first-order chi connectivity index (χ1) is 8.35. The van der Waals surface area contributed by atoms with Crippen LogP contribution in [0.1, 0.15) is 12.5 Å². The first kappa shape index (κ1) is 15.4. The van der Waals surface area contributed by atoms with Crippen molar-refractivity contribution in [3.63, 3.8) is 0 Å². The molecule has 1 aromatic carbocycles. The first-order valence-corrected chi connectivity index (χ1v) is 8.30. The fourth-order valence-electron chi connectivity index (χ4n) is 1.24. The van der Waals surface area contributed by atoms with E-state index in [1.54, 1.807) is 25.1 Å². The van der Waals surface area contributed by atoms with E-state index in [-0.39, 0.29) is 23.1 Å². The maximum atomic E-state index is 11.3. The Bertz CT molecular complexity index is 543. The summed E-state index contributed by atoms with van der Waals surface area (Å²) in [5, 5.41) is 0. The Kier molecular flexibility index (Phi) is 5.55. The third-order valence-corrected chi connectivity index (χ3v) is 4.68. The smallest absolute Gasteiger partial charge is 0.153 e. The van der Waals surface area contributed by atoms with Crippen molar-refractivity contribution in [1.29, 1.82) is 0 Å². The van der Waals surface area contributed by atoms with E-state index in [9.17, 15) is 8.42 Å². The molecule has 0 aliphatic heterocycles. The molecule has 1 aromatic rings. The zero-order valence-electron chi connectivity index (χ0n) is 9.85. The Morgan fingerprint density at radius 2 is 2.17 bits per heavy atom. The van der Waals surface area contributed by atoms with Crippen molar-refractivity contribution in [1.82, 2.24) is 0 Å². The lowest BCUT2D eigenvalue weighted by Gasteiger charge is -2.11. The lowest BCUT2D eigenvalue weighted by molar-refractivity contribution is 0.340. The highest BCUT2D eigenvalue weighted by Gasteiger charge is 2.10. The summed E-state index contributed by atoms with van der Waals surface area (Å²) in [6.45, 7) is 1.70. The zero-order valence-corrected chi connectivity index (χ0v) is 13.1. The van der Waals surface area contributed by atoms with Gasteiger partial charge in [-0.25, -0.2) is 8.42 Å². The highest BCUT2D eigenvalue weighted by molar-refractivity contribution is 9.10. The number of hydrogen-bond donors (Lipinski definition) is 1. The van der Waals surface area contributed by atoms with Gasteiger partial charge >= 0.3 is 0 Å². The van der Waals surface area contributed by atoms with E-state index in [2.05, 4.69) is 15.9 Å². The van der Waals surface area contributed by atoms with Gasteiger partial charge in [0.15, 0.2) is 9.84 Å². The normalized spacial score (nSPS) is 11.2. The topological polar surface area (TPSA) is 69.4 Å². The second-order valence-electron chi connectivity index (χ2n) is 3.59. The summed E-state index contributed by atoms with van der Waals surface area (Å²) >= 11 is 8.22. The predicted octanol–water partition coefficient (Wildman–Crippen LogP) is 1.90. The molecule has 0 fully saturated rings. The van der Waals surface area contributed by atoms with Gasteiger partial charge in [0.25, 0.3) is 0 Å². The monoisotopic (exact) mass is 351 g/mol. The van der Waals surface area contributed by atoms with Gasteiger partial charge in [-0.15, -0.1) is 0 Å². The molecular weight excluding hydrogens is 338 g/mol. The average molecular weight is 352 g/mol. The molecule has 0 unspecified atom stereocenters. The molecule has 0 aliphatic carbocycles. The molecule has 0 bridgehead atoms. The van der Waals surface area contributed by atoms with Crippen LogP contribution in [0.25, 0.3) is 0 Å². The number of hydrogen-bond acceptors (Lipinski definition) is 4. The molecule has 7 heteroatoms. The lowest BCUT2D eigenvalue weighted by atomic mass is 10.2. The molecule has 0 atom stereocenters. The molecule has 0 radical (unpaired) electrons. The van der Waals surface area contributed by atoms with Gasteiger partial charge in [-0.2, -0.15) is 0 Å². The van der Waals surface area contributed by atoms with Crippen LogP contribution < -0.4 is 10.5 Å². The van der Waals surface area contributed by atoms with Crippen LogP contribution in [-0.4, -0.2) is 31.5 Å². The number of sulfone groups is 1. The molecule has 4 nitrogen and oxygen atoms in total. The predicted molar refractivity (Wildman–Crippen MR) is 79.9 cm³/mol. The number of nitrogens with two attached hydrogens (primary N) is 1. The number of thiocarbonyl (C=S) groups is 1. The molecule has 0 saturated carbocycles. The van der Waals surface area contributed by atoms with E-state index >= 15 is 0 Å². The molecule has 0 spiro atoms. The van der Waals surface area contributed by atoms with Crippen LogP contribution in [0.3, 0.4) is 0 Å². The van der Waals surface area contributed by atoms with Crippen molar-refractivity contribution in [3.05, 3.63) is 28.2 Å². The summed E-state index contributed by atoms with van der Waals surface area (Å²) in [5.41, 5.74) is 6.17. The Hall–Kier alpha value is -0.660. The Morgan fingerprint density at radius 3 is 2.72 bits per heavy atom. The van der Waals surface area contributed by atoms with E-state index in [4.69, 9.17) is 22.7 Å². The van der Waals surface area contributed by atoms with Crippen molar-refractivity contribution in [3.8, 4) is 5.75 Å². The largest absolute Gasteiger partial charge is 0.492 e. The molecule has 18 heavy (non-hydrogen) atoms. The number of halogens is 1. The van der Waals surface area contributed by atoms with Gasteiger partial charge in [0.2, 0.25) is 0 Å². The highest BCUT2D eigenvalue weighted by Crippen LogP contribution is 2.23. The van der Waals surface area contributed by atoms with Crippen LogP contribution in [0.4, 0.5) is 0 Å².